The summed E-state index contributed by atoms with van der Waals surface area (Å²) in [5.74, 6) is 1.05. The first-order valence-corrected chi connectivity index (χ1v) is 11.8. The van der Waals surface area contributed by atoms with Gasteiger partial charge in [0.2, 0.25) is 0 Å². The molecular formula is C32H24O. The predicted octanol–water partition coefficient (Wildman–Crippen LogP) is 6.71. The van der Waals surface area contributed by atoms with Gasteiger partial charge in [-0.2, -0.15) is 0 Å². The van der Waals surface area contributed by atoms with Crippen LogP contribution in [0.5, 0.6) is 0 Å². The predicted molar refractivity (Wildman–Crippen MR) is 133 cm³/mol. The molecule has 0 spiro atoms. The van der Waals surface area contributed by atoms with E-state index >= 15 is 0 Å². The van der Waals surface area contributed by atoms with Crippen molar-refractivity contribution in [3.63, 3.8) is 0 Å². The molecule has 4 aromatic carbocycles. The molecule has 0 heterocycles. The van der Waals surface area contributed by atoms with Gasteiger partial charge in [0.05, 0.1) is 10.8 Å². The number of allylic oxidation sites excluding steroid dienone is 2. The van der Waals surface area contributed by atoms with E-state index in [0.717, 1.165) is 28.7 Å². The van der Waals surface area contributed by atoms with Crippen LogP contribution in [-0.2, 0) is 15.6 Å². The number of carbonyl (C=O) groups excluding carboxylic acids is 1. The van der Waals surface area contributed by atoms with Crippen molar-refractivity contribution in [2.45, 2.75) is 17.3 Å². The van der Waals surface area contributed by atoms with Crippen LogP contribution in [0.25, 0.3) is 11.1 Å². The summed E-state index contributed by atoms with van der Waals surface area (Å²) in [5, 5.41) is 0. The number of hydrogen-bond acceptors (Lipinski definition) is 1. The fourth-order valence-electron chi connectivity index (χ4n) is 7.13. The molecule has 0 aromatic heterocycles. The summed E-state index contributed by atoms with van der Waals surface area (Å²) in [4.78, 5) is 15.0. The zero-order chi connectivity index (χ0) is 22.0. The maximum Gasteiger partial charge on any atom is 0.163 e. The number of carbonyl (C=O) groups is 1. The summed E-state index contributed by atoms with van der Waals surface area (Å²) in [6, 6.07) is 42.4. The van der Waals surface area contributed by atoms with Gasteiger partial charge in [-0.05, 0) is 51.7 Å². The van der Waals surface area contributed by atoms with Crippen LogP contribution in [-0.4, -0.2) is 5.78 Å². The van der Waals surface area contributed by atoms with Crippen molar-refractivity contribution in [2.24, 2.45) is 11.8 Å². The second kappa shape index (κ2) is 6.65. The second-order valence-corrected chi connectivity index (χ2v) is 9.61. The van der Waals surface area contributed by atoms with E-state index in [1.54, 1.807) is 0 Å². The van der Waals surface area contributed by atoms with Crippen molar-refractivity contribution in [3.05, 3.63) is 144 Å². The first-order chi connectivity index (χ1) is 16.3. The lowest BCUT2D eigenvalue weighted by Crippen LogP contribution is -2.40. The van der Waals surface area contributed by atoms with Gasteiger partial charge in [-0.15, -0.1) is 0 Å². The summed E-state index contributed by atoms with van der Waals surface area (Å²) in [5.41, 5.74) is 5.84. The van der Waals surface area contributed by atoms with Crippen LogP contribution in [0.3, 0.4) is 0 Å². The minimum atomic E-state index is -0.603. The van der Waals surface area contributed by atoms with E-state index in [1.165, 1.54) is 11.1 Å². The Morgan fingerprint density at radius 3 is 1.18 bits per heavy atom. The Hall–Kier alpha value is -3.71. The van der Waals surface area contributed by atoms with Crippen molar-refractivity contribution < 1.29 is 4.79 Å². The van der Waals surface area contributed by atoms with Crippen LogP contribution in [0, 0.1) is 11.8 Å². The molecule has 33 heavy (non-hydrogen) atoms. The van der Waals surface area contributed by atoms with Crippen LogP contribution < -0.4 is 0 Å². The number of fused-ring (bicyclic) bond motifs is 5. The summed E-state index contributed by atoms with van der Waals surface area (Å²) >= 11 is 0. The van der Waals surface area contributed by atoms with E-state index < -0.39 is 10.8 Å². The molecule has 158 valence electrons. The molecule has 0 radical (unpaired) electrons. The minimum Gasteiger partial charge on any atom is -0.297 e. The van der Waals surface area contributed by atoms with Crippen LogP contribution in [0.1, 0.15) is 28.7 Å². The molecule has 4 atom stereocenters. The second-order valence-electron chi connectivity index (χ2n) is 9.61. The molecule has 2 fully saturated rings. The number of Topliss-reactive ketones (excluding diaryl/α,β-unsaturated/α-hetero) is 1. The standard InChI is InChI=1S/C32H24O/c33-30-31(24-17-9-3-10-18-24)26-21-27(26)32(30,25-19-11-4-12-20-25)29(23-15-7-2-8-16-23)28(31)22-13-5-1-6-14-22/h1-20,26-27H,21H2/t26-,27-,31+,32+/m0/s1. The lowest BCUT2D eigenvalue weighted by molar-refractivity contribution is -0.124. The van der Waals surface area contributed by atoms with Gasteiger partial charge in [0, 0.05) is 0 Å². The van der Waals surface area contributed by atoms with Gasteiger partial charge in [-0.25, -0.2) is 0 Å². The summed E-state index contributed by atoms with van der Waals surface area (Å²) in [6.45, 7) is 0. The van der Waals surface area contributed by atoms with E-state index in [9.17, 15) is 4.79 Å². The minimum absolute atomic E-state index is 0.343. The molecule has 1 nitrogen and oxygen atoms in total. The fraction of sp³-hybridized carbons (Fsp3) is 0.156. The van der Waals surface area contributed by atoms with Crippen molar-refractivity contribution in [3.8, 4) is 0 Å². The number of ketones is 1. The van der Waals surface area contributed by atoms with Crippen molar-refractivity contribution in [1.82, 2.24) is 0 Å². The lowest BCUT2D eigenvalue weighted by atomic mass is 9.68. The Morgan fingerprint density at radius 1 is 0.485 bits per heavy atom. The van der Waals surface area contributed by atoms with E-state index in [-0.39, 0.29) is 0 Å². The highest BCUT2D eigenvalue weighted by Crippen LogP contribution is 2.80. The van der Waals surface area contributed by atoms with Gasteiger partial charge in [-0.1, -0.05) is 121 Å². The Morgan fingerprint density at radius 2 is 0.818 bits per heavy atom. The zero-order valence-corrected chi connectivity index (χ0v) is 18.3. The fourth-order valence-corrected chi connectivity index (χ4v) is 7.13. The van der Waals surface area contributed by atoms with Crippen molar-refractivity contribution >= 4 is 16.9 Å². The summed E-state index contributed by atoms with van der Waals surface area (Å²) < 4.78 is 0. The van der Waals surface area contributed by atoms with Gasteiger partial charge in [0.1, 0.15) is 0 Å². The van der Waals surface area contributed by atoms with Gasteiger partial charge in [0.25, 0.3) is 0 Å². The Kier molecular flexibility index (Phi) is 3.79. The maximum absolute atomic E-state index is 15.0. The maximum atomic E-state index is 15.0. The lowest BCUT2D eigenvalue weighted by Gasteiger charge is -2.33. The zero-order valence-electron chi connectivity index (χ0n) is 18.3. The number of benzene rings is 4. The molecule has 0 amide bonds. The largest absolute Gasteiger partial charge is 0.297 e. The highest BCUT2D eigenvalue weighted by atomic mass is 16.1. The SMILES string of the molecule is O=C1[C@@]2(c3ccccc3)C(c3ccccc3)=C(c3ccccc3)[C@@]1(c1ccccc1)[C@H]1C[C@@H]12. The molecule has 3 aliphatic rings. The normalized spacial score (nSPS) is 29.3. The van der Waals surface area contributed by atoms with Crippen LogP contribution in [0.15, 0.2) is 121 Å². The molecule has 0 saturated heterocycles. The third-order valence-electron chi connectivity index (χ3n) is 8.24. The number of rotatable bonds is 4. The Balaban J connectivity index is 1.67. The Bertz CT molecular complexity index is 1280. The highest BCUT2D eigenvalue weighted by Gasteiger charge is 2.82. The smallest absolute Gasteiger partial charge is 0.163 e. The quantitative estimate of drug-likeness (QED) is 0.356. The van der Waals surface area contributed by atoms with E-state index in [4.69, 9.17) is 0 Å². The van der Waals surface area contributed by atoms with Crippen molar-refractivity contribution in [2.75, 3.05) is 0 Å². The molecule has 3 aliphatic carbocycles. The average Bonchev–Trinajstić information content (AvgIpc) is 3.63. The highest BCUT2D eigenvalue weighted by molar-refractivity contribution is 6.30. The van der Waals surface area contributed by atoms with Crippen LogP contribution in [0.4, 0.5) is 0 Å². The average molecular weight is 425 g/mol. The molecular weight excluding hydrogens is 400 g/mol. The molecule has 0 aliphatic heterocycles. The number of hydrogen-bond donors (Lipinski definition) is 0. The van der Waals surface area contributed by atoms with Gasteiger partial charge in [0.15, 0.2) is 5.78 Å². The van der Waals surface area contributed by atoms with E-state index in [1.807, 2.05) is 12.1 Å². The topological polar surface area (TPSA) is 17.1 Å². The summed E-state index contributed by atoms with van der Waals surface area (Å²) in [6.07, 6.45) is 1.09. The van der Waals surface area contributed by atoms with Gasteiger partial charge in [-0.3, -0.25) is 4.79 Å². The van der Waals surface area contributed by atoms with Crippen LogP contribution >= 0.6 is 0 Å². The van der Waals surface area contributed by atoms with E-state index in [0.29, 0.717) is 17.6 Å². The van der Waals surface area contributed by atoms with Crippen molar-refractivity contribution in [1.29, 1.82) is 0 Å². The van der Waals surface area contributed by atoms with E-state index in [2.05, 4.69) is 109 Å². The van der Waals surface area contributed by atoms with Gasteiger partial charge < -0.3 is 0 Å². The summed E-state index contributed by atoms with van der Waals surface area (Å²) in [7, 11) is 0. The Labute approximate surface area is 194 Å². The molecule has 2 saturated carbocycles. The molecule has 1 heteroatoms. The molecule has 0 unspecified atom stereocenters. The first-order valence-electron chi connectivity index (χ1n) is 11.8. The molecule has 4 aromatic rings. The molecule has 2 bridgehead atoms. The molecule has 7 rings (SSSR count). The third-order valence-corrected chi connectivity index (χ3v) is 8.24. The first kappa shape index (κ1) is 18.8. The third kappa shape index (κ3) is 2.20. The monoisotopic (exact) mass is 424 g/mol. The molecule has 0 N–H and O–H groups in total. The van der Waals surface area contributed by atoms with Crippen LogP contribution in [0.2, 0.25) is 0 Å². The van der Waals surface area contributed by atoms with Gasteiger partial charge >= 0.3 is 0 Å².